The quantitative estimate of drug-likeness (QED) is 0.277. The Bertz CT molecular complexity index is 1550. The first-order chi connectivity index (χ1) is 16.3. The molecule has 1 aliphatic carbocycles. The topological polar surface area (TPSA) is 103 Å². The number of hydrogen-bond acceptors (Lipinski definition) is 3. The third kappa shape index (κ3) is 3.96. The summed E-state index contributed by atoms with van der Waals surface area (Å²) in [7, 11) is 0. The molecule has 0 spiro atoms. The highest BCUT2D eigenvalue weighted by Crippen LogP contribution is 2.34. The first-order valence-electron chi connectivity index (χ1n) is 10.1. The van der Waals surface area contributed by atoms with Crippen LogP contribution in [0.5, 0.6) is 0 Å². The Labute approximate surface area is 190 Å². The zero-order valence-electron chi connectivity index (χ0n) is 17.3. The number of nitrogens with zero attached hydrogens (tertiary/aromatic N) is 1. The number of hydrogen-bond donors (Lipinski definition) is 4. The van der Waals surface area contributed by atoms with E-state index in [1.54, 1.807) is 24.3 Å². The second kappa shape index (κ2) is 8.07. The van der Waals surface area contributed by atoms with Crippen molar-refractivity contribution >= 4 is 28.4 Å². The SMILES string of the molecule is O=C(Nc1ccc2[nH]c(-c3c4cccccc-4[nH]c3=O)nc2c1)Nc1ccccc1C(F)(F)F. The smallest absolute Gasteiger partial charge is 0.338 e. The summed E-state index contributed by atoms with van der Waals surface area (Å²) in [5.41, 5.74) is 1.58. The van der Waals surface area contributed by atoms with E-state index in [-0.39, 0.29) is 11.2 Å². The van der Waals surface area contributed by atoms with Crippen molar-refractivity contribution in [2.45, 2.75) is 6.18 Å². The molecule has 34 heavy (non-hydrogen) atoms. The number of amides is 2. The minimum atomic E-state index is -4.60. The van der Waals surface area contributed by atoms with Crippen molar-refractivity contribution in [3.8, 4) is 22.6 Å². The number of carbonyl (C=O) groups excluding carboxylic acids is 1. The van der Waals surface area contributed by atoms with E-state index in [0.29, 0.717) is 39.4 Å². The number of benzene rings is 2. The molecule has 5 rings (SSSR count). The maximum atomic E-state index is 13.2. The normalized spacial score (nSPS) is 11.6. The van der Waals surface area contributed by atoms with E-state index in [1.165, 1.54) is 18.2 Å². The Morgan fingerprint density at radius 1 is 0.882 bits per heavy atom. The van der Waals surface area contributed by atoms with Gasteiger partial charge in [0.05, 0.1) is 27.8 Å². The van der Waals surface area contributed by atoms with Gasteiger partial charge in [0.15, 0.2) is 0 Å². The number of aromatic amines is 2. The molecule has 0 bridgehead atoms. The molecule has 3 aromatic rings. The molecule has 0 radical (unpaired) electrons. The van der Waals surface area contributed by atoms with Crippen LogP contribution < -0.4 is 16.2 Å². The van der Waals surface area contributed by atoms with Crippen LogP contribution in [0.25, 0.3) is 33.7 Å². The van der Waals surface area contributed by atoms with E-state index in [2.05, 4.69) is 25.6 Å². The maximum Gasteiger partial charge on any atom is 0.418 e. The van der Waals surface area contributed by atoms with Gasteiger partial charge in [-0.2, -0.15) is 13.2 Å². The summed E-state index contributed by atoms with van der Waals surface area (Å²) in [6, 6.07) is 17.8. The summed E-state index contributed by atoms with van der Waals surface area (Å²) >= 11 is 0. The summed E-state index contributed by atoms with van der Waals surface area (Å²) in [6.07, 6.45) is -4.60. The van der Waals surface area contributed by atoms with E-state index in [4.69, 9.17) is 0 Å². The lowest BCUT2D eigenvalue weighted by molar-refractivity contribution is -0.136. The number of urea groups is 1. The molecule has 170 valence electrons. The fourth-order valence-corrected chi connectivity index (χ4v) is 3.74. The van der Waals surface area contributed by atoms with Crippen molar-refractivity contribution in [2.24, 2.45) is 0 Å². The Kier molecular flexibility index (Phi) is 5.05. The van der Waals surface area contributed by atoms with E-state index < -0.39 is 17.8 Å². The maximum absolute atomic E-state index is 13.2. The molecule has 1 aromatic heterocycles. The Hall–Kier alpha value is -4.60. The molecule has 7 nitrogen and oxygen atoms in total. The molecule has 0 saturated carbocycles. The number of para-hydroxylation sites is 1. The van der Waals surface area contributed by atoms with Crippen molar-refractivity contribution in [2.75, 3.05) is 10.6 Å². The number of imidazole rings is 1. The van der Waals surface area contributed by atoms with E-state index in [0.717, 1.165) is 6.07 Å². The number of nitrogens with one attached hydrogen (secondary N) is 4. The number of H-pyrrole nitrogens is 2. The van der Waals surface area contributed by atoms with Crippen molar-refractivity contribution in [3.63, 3.8) is 0 Å². The first kappa shape index (κ1) is 21.3. The van der Waals surface area contributed by atoms with Crippen LogP contribution in [0, 0.1) is 0 Å². The molecule has 4 N–H and O–H groups in total. The molecule has 0 unspecified atom stereocenters. The molecule has 2 amide bonds. The fraction of sp³-hybridized carbons (Fsp3) is 0.0417. The largest absolute Gasteiger partial charge is 0.418 e. The number of halogens is 3. The van der Waals surface area contributed by atoms with Crippen LogP contribution in [0.15, 0.2) is 77.6 Å². The average Bonchev–Trinajstić information content (AvgIpc) is 3.24. The van der Waals surface area contributed by atoms with Gasteiger partial charge in [0.1, 0.15) is 5.82 Å². The summed E-state index contributed by atoms with van der Waals surface area (Å²) in [5, 5.41) is 4.74. The van der Waals surface area contributed by atoms with Crippen LogP contribution in [-0.4, -0.2) is 21.0 Å². The molecule has 0 fully saturated rings. The number of alkyl halides is 3. The summed E-state index contributed by atoms with van der Waals surface area (Å²) in [5.74, 6) is 0.359. The zero-order chi connectivity index (χ0) is 23.9. The third-order valence-corrected chi connectivity index (χ3v) is 5.24. The third-order valence-electron chi connectivity index (χ3n) is 5.24. The molecule has 0 atom stereocenters. The van der Waals surface area contributed by atoms with Gasteiger partial charge in [0.25, 0.3) is 5.56 Å². The van der Waals surface area contributed by atoms with Crippen LogP contribution in [0.2, 0.25) is 0 Å². The van der Waals surface area contributed by atoms with Crippen molar-refractivity contribution in [3.05, 3.63) is 88.7 Å². The van der Waals surface area contributed by atoms with Gasteiger partial charge in [-0.05, 0) is 36.4 Å². The molecule has 2 aliphatic rings. The van der Waals surface area contributed by atoms with Crippen LogP contribution in [0.4, 0.5) is 29.3 Å². The average molecular weight is 463 g/mol. The second-order valence-electron chi connectivity index (χ2n) is 7.51. The van der Waals surface area contributed by atoms with Crippen LogP contribution in [-0.2, 0) is 6.18 Å². The lowest BCUT2D eigenvalue weighted by atomic mass is 10.1. The number of aromatic nitrogens is 3. The monoisotopic (exact) mass is 463 g/mol. The highest BCUT2D eigenvalue weighted by Gasteiger charge is 2.33. The molecule has 0 saturated heterocycles. The molecule has 2 aromatic carbocycles. The van der Waals surface area contributed by atoms with Gasteiger partial charge >= 0.3 is 12.2 Å². The van der Waals surface area contributed by atoms with Crippen LogP contribution in [0.3, 0.4) is 0 Å². The summed E-state index contributed by atoms with van der Waals surface area (Å²) in [6.45, 7) is 0. The van der Waals surface area contributed by atoms with Gasteiger partial charge in [-0.15, -0.1) is 0 Å². The van der Waals surface area contributed by atoms with Gasteiger partial charge in [0, 0.05) is 16.9 Å². The van der Waals surface area contributed by atoms with Crippen molar-refractivity contribution < 1.29 is 18.0 Å². The van der Waals surface area contributed by atoms with Crippen LogP contribution >= 0.6 is 0 Å². The van der Waals surface area contributed by atoms with E-state index in [9.17, 15) is 22.8 Å². The number of anilines is 2. The van der Waals surface area contributed by atoms with Crippen molar-refractivity contribution in [1.82, 2.24) is 15.0 Å². The molecular weight excluding hydrogens is 447 g/mol. The first-order valence-corrected chi connectivity index (χ1v) is 10.1. The molecule has 1 aliphatic heterocycles. The zero-order valence-corrected chi connectivity index (χ0v) is 17.3. The number of rotatable bonds is 3. The standard InChI is InChI=1S/C24H16F3N5O2/c25-24(26,27)15-7-4-5-9-17(15)32-23(34)28-13-10-11-18-19(12-13)30-21(29-18)20-14-6-2-1-3-8-16(14)31-22(20)33/h1-12H,(H,29,30)(H,31,33)(H2,28,32,34). The predicted molar refractivity (Wildman–Crippen MR) is 123 cm³/mol. The molecular formula is C24H16F3N5O2. The van der Waals surface area contributed by atoms with Crippen LogP contribution in [0.1, 0.15) is 5.56 Å². The van der Waals surface area contributed by atoms with Gasteiger partial charge in [-0.25, -0.2) is 9.78 Å². The van der Waals surface area contributed by atoms with Gasteiger partial charge in [-0.1, -0.05) is 36.4 Å². The Balaban J connectivity index is 1.41. The minimum Gasteiger partial charge on any atom is -0.338 e. The van der Waals surface area contributed by atoms with Crippen molar-refractivity contribution in [1.29, 1.82) is 0 Å². The lowest BCUT2D eigenvalue weighted by Gasteiger charge is -2.14. The second-order valence-corrected chi connectivity index (χ2v) is 7.51. The lowest BCUT2D eigenvalue weighted by Crippen LogP contribution is -2.21. The van der Waals surface area contributed by atoms with Gasteiger partial charge < -0.3 is 20.6 Å². The predicted octanol–water partition coefficient (Wildman–Crippen LogP) is 5.69. The fourth-order valence-electron chi connectivity index (χ4n) is 3.74. The summed E-state index contributed by atoms with van der Waals surface area (Å²) < 4.78 is 39.5. The molecule has 10 heteroatoms. The Morgan fingerprint density at radius 2 is 1.65 bits per heavy atom. The minimum absolute atomic E-state index is 0.290. The van der Waals surface area contributed by atoms with Gasteiger partial charge in [-0.3, -0.25) is 4.79 Å². The number of fused-ring (bicyclic) bond motifs is 2. The Morgan fingerprint density at radius 3 is 2.47 bits per heavy atom. The van der Waals surface area contributed by atoms with E-state index in [1.807, 2.05) is 24.3 Å². The highest BCUT2D eigenvalue weighted by molar-refractivity contribution is 6.01. The van der Waals surface area contributed by atoms with E-state index >= 15 is 0 Å². The summed E-state index contributed by atoms with van der Waals surface area (Å²) in [4.78, 5) is 35.3. The molecule has 2 heterocycles. The highest BCUT2D eigenvalue weighted by atomic mass is 19.4. The van der Waals surface area contributed by atoms with Gasteiger partial charge in [0.2, 0.25) is 0 Å². The number of carbonyl (C=O) groups is 1.